The van der Waals surface area contributed by atoms with Crippen LogP contribution in [0.2, 0.25) is 0 Å². The lowest BCUT2D eigenvalue weighted by molar-refractivity contribution is -0.139. The Kier molecular flexibility index (Phi) is 7.52. The molecule has 1 aliphatic rings. The van der Waals surface area contributed by atoms with Crippen molar-refractivity contribution in [2.75, 3.05) is 19.8 Å². The molecular formula is C18H17IN2O6S. The Bertz CT molecular complexity index is 883. The van der Waals surface area contributed by atoms with Crippen LogP contribution in [0.15, 0.2) is 30.4 Å². The zero-order chi connectivity index (χ0) is 20.8. The SMILES string of the molecule is C=CCN1C(=O)/C(=C/c2cc(I)c(OCC(=O)O)c(OCC)c2)C(=O)NC1=S. The fraction of sp³-hybridized carbons (Fsp3) is 0.222. The van der Waals surface area contributed by atoms with Crippen molar-refractivity contribution >= 4 is 63.8 Å². The standard InChI is InChI=1S/C18H17IN2O6S/c1-3-5-21-17(25)11(16(24)20-18(21)28)6-10-7-12(19)15(27-9-14(22)23)13(8-10)26-4-2/h3,6-8H,1,4-5,9H2,2H3,(H,22,23)(H,20,24,28)/b11-6+. The molecule has 2 rings (SSSR count). The Morgan fingerprint density at radius 1 is 1.39 bits per heavy atom. The molecule has 0 spiro atoms. The third kappa shape index (κ3) is 5.07. The highest BCUT2D eigenvalue weighted by Gasteiger charge is 2.32. The van der Waals surface area contributed by atoms with Gasteiger partial charge in [-0.3, -0.25) is 19.8 Å². The first-order valence-corrected chi connectivity index (χ1v) is 9.57. The van der Waals surface area contributed by atoms with Gasteiger partial charge in [-0.05, 0) is 65.5 Å². The van der Waals surface area contributed by atoms with Gasteiger partial charge >= 0.3 is 5.97 Å². The van der Waals surface area contributed by atoms with E-state index in [4.69, 9.17) is 26.8 Å². The second kappa shape index (κ2) is 9.64. The zero-order valence-electron chi connectivity index (χ0n) is 14.9. The summed E-state index contributed by atoms with van der Waals surface area (Å²) in [6.07, 6.45) is 2.92. The molecule has 1 aromatic carbocycles. The molecule has 1 aliphatic heterocycles. The molecule has 1 heterocycles. The van der Waals surface area contributed by atoms with Crippen molar-refractivity contribution in [3.8, 4) is 11.5 Å². The molecule has 0 saturated carbocycles. The van der Waals surface area contributed by atoms with Crippen molar-refractivity contribution < 1.29 is 29.0 Å². The number of ether oxygens (including phenoxy) is 2. The predicted octanol–water partition coefficient (Wildman–Crippen LogP) is 1.97. The highest BCUT2D eigenvalue weighted by molar-refractivity contribution is 14.1. The lowest BCUT2D eigenvalue weighted by atomic mass is 10.1. The van der Waals surface area contributed by atoms with Crippen LogP contribution in [-0.4, -0.2) is 52.7 Å². The number of carbonyl (C=O) groups is 3. The number of hydrogen-bond acceptors (Lipinski definition) is 6. The maximum absolute atomic E-state index is 12.6. The Balaban J connectivity index is 2.44. The van der Waals surface area contributed by atoms with E-state index >= 15 is 0 Å². The van der Waals surface area contributed by atoms with Gasteiger partial charge in [-0.1, -0.05) is 6.08 Å². The molecule has 28 heavy (non-hydrogen) atoms. The molecule has 0 aliphatic carbocycles. The summed E-state index contributed by atoms with van der Waals surface area (Å²) in [4.78, 5) is 36.9. The molecule has 0 radical (unpaired) electrons. The normalized spacial score (nSPS) is 15.4. The van der Waals surface area contributed by atoms with Gasteiger partial charge in [0.15, 0.2) is 23.2 Å². The van der Waals surface area contributed by atoms with E-state index in [0.717, 1.165) is 0 Å². The summed E-state index contributed by atoms with van der Waals surface area (Å²) in [5.74, 6) is -1.67. The largest absolute Gasteiger partial charge is 0.490 e. The minimum atomic E-state index is -1.12. The van der Waals surface area contributed by atoms with Crippen molar-refractivity contribution in [3.05, 3.63) is 39.5 Å². The van der Waals surface area contributed by atoms with Crippen molar-refractivity contribution in [2.45, 2.75) is 6.92 Å². The summed E-state index contributed by atoms with van der Waals surface area (Å²) in [6.45, 7) is 5.31. The number of aliphatic carboxylic acids is 1. The summed E-state index contributed by atoms with van der Waals surface area (Å²) in [5.41, 5.74) is 0.424. The zero-order valence-corrected chi connectivity index (χ0v) is 17.8. The van der Waals surface area contributed by atoms with Gasteiger partial charge in [0.1, 0.15) is 5.57 Å². The van der Waals surface area contributed by atoms with Gasteiger partial charge in [0.2, 0.25) is 0 Å². The van der Waals surface area contributed by atoms with Crippen LogP contribution in [0.25, 0.3) is 6.08 Å². The number of nitrogens with zero attached hydrogens (tertiary/aromatic N) is 1. The van der Waals surface area contributed by atoms with Crippen LogP contribution < -0.4 is 14.8 Å². The number of halogens is 1. The molecule has 10 heteroatoms. The average molecular weight is 516 g/mol. The van der Waals surface area contributed by atoms with E-state index in [1.165, 1.54) is 17.1 Å². The number of carbonyl (C=O) groups excluding carboxylic acids is 2. The smallest absolute Gasteiger partial charge is 0.341 e. The van der Waals surface area contributed by atoms with Gasteiger partial charge < -0.3 is 14.6 Å². The molecule has 148 valence electrons. The van der Waals surface area contributed by atoms with Gasteiger partial charge in [-0.2, -0.15) is 0 Å². The lowest BCUT2D eigenvalue weighted by Crippen LogP contribution is -2.53. The van der Waals surface area contributed by atoms with Gasteiger partial charge in [0.05, 0.1) is 10.2 Å². The van der Waals surface area contributed by atoms with Crippen LogP contribution in [-0.2, 0) is 14.4 Å². The van der Waals surface area contributed by atoms with Crippen LogP contribution in [0.5, 0.6) is 11.5 Å². The molecular weight excluding hydrogens is 499 g/mol. The summed E-state index contributed by atoms with van der Waals surface area (Å²) < 4.78 is 11.4. The van der Waals surface area contributed by atoms with Gasteiger partial charge in [-0.25, -0.2) is 4.79 Å². The molecule has 0 unspecified atom stereocenters. The van der Waals surface area contributed by atoms with Gasteiger partial charge in [0.25, 0.3) is 11.8 Å². The van der Waals surface area contributed by atoms with Crippen molar-refractivity contribution in [3.63, 3.8) is 0 Å². The number of nitrogens with one attached hydrogen (secondary N) is 1. The highest BCUT2D eigenvalue weighted by Crippen LogP contribution is 2.35. The third-order valence-electron chi connectivity index (χ3n) is 3.48. The second-order valence-corrected chi connectivity index (χ2v) is 7.02. The predicted molar refractivity (Wildman–Crippen MR) is 114 cm³/mol. The van der Waals surface area contributed by atoms with Gasteiger partial charge in [0, 0.05) is 6.54 Å². The Morgan fingerprint density at radius 3 is 2.71 bits per heavy atom. The van der Waals surface area contributed by atoms with Crippen LogP contribution in [0.4, 0.5) is 0 Å². The van der Waals surface area contributed by atoms with Crippen LogP contribution >= 0.6 is 34.8 Å². The number of carboxylic acid groups (broad SMARTS) is 1. The topological polar surface area (TPSA) is 105 Å². The number of benzene rings is 1. The van der Waals surface area contributed by atoms with E-state index in [1.807, 2.05) is 22.6 Å². The molecule has 1 saturated heterocycles. The fourth-order valence-electron chi connectivity index (χ4n) is 2.36. The maximum Gasteiger partial charge on any atom is 0.341 e. The molecule has 2 amide bonds. The number of thiocarbonyl (C=S) groups is 1. The van der Waals surface area contributed by atoms with E-state index in [0.29, 0.717) is 21.5 Å². The first kappa shape index (κ1) is 21.8. The van der Waals surface area contributed by atoms with Crippen LogP contribution in [0, 0.1) is 3.57 Å². The van der Waals surface area contributed by atoms with Crippen molar-refractivity contribution in [1.29, 1.82) is 0 Å². The number of hydrogen-bond donors (Lipinski definition) is 2. The lowest BCUT2D eigenvalue weighted by Gasteiger charge is -2.27. The molecule has 0 atom stereocenters. The molecule has 0 bridgehead atoms. The summed E-state index contributed by atoms with van der Waals surface area (Å²) in [6, 6.07) is 3.22. The minimum Gasteiger partial charge on any atom is -0.490 e. The van der Waals surface area contributed by atoms with Gasteiger partial charge in [-0.15, -0.1) is 6.58 Å². The molecule has 0 aromatic heterocycles. The first-order valence-electron chi connectivity index (χ1n) is 8.09. The van der Waals surface area contributed by atoms with E-state index in [9.17, 15) is 14.4 Å². The molecule has 1 aromatic rings. The minimum absolute atomic E-state index is 0.0223. The Labute approximate surface area is 180 Å². The highest BCUT2D eigenvalue weighted by atomic mass is 127. The number of carboxylic acids is 1. The van der Waals surface area contributed by atoms with E-state index in [1.54, 1.807) is 19.1 Å². The monoisotopic (exact) mass is 516 g/mol. The Morgan fingerprint density at radius 2 is 2.11 bits per heavy atom. The average Bonchev–Trinajstić information content (AvgIpc) is 2.61. The molecule has 1 fully saturated rings. The van der Waals surface area contributed by atoms with E-state index in [-0.39, 0.29) is 23.0 Å². The fourth-order valence-corrected chi connectivity index (χ4v) is 3.39. The maximum atomic E-state index is 12.6. The van der Waals surface area contributed by atoms with Crippen LogP contribution in [0.3, 0.4) is 0 Å². The molecule has 8 nitrogen and oxygen atoms in total. The number of amides is 2. The van der Waals surface area contributed by atoms with Crippen molar-refractivity contribution in [1.82, 2.24) is 10.2 Å². The summed E-state index contributed by atoms with van der Waals surface area (Å²) in [7, 11) is 0. The van der Waals surface area contributed by atoms with E-state index in [2.05, 4.69) is 11.9 Å². The van der Waals surface area contributed by atoms with Crippen molar-refractivity contribution in [2.24, 2.45) is 0 Å². The summed E-state index contributed by atoms with van der Waals surface area (Å²) >= 11 is 6.99. The third-order valence-corrected chi connectivity index (χ3v) is 4.60. The number of rotatable bonds is 8. The molecule has 2 N–H and O–H groups in total. The first-order chi connectivity index (χ1) is 13.3. The Hall–Kier alpha value is -2.47. The quantitative estimate of drug-likeness (QED) is 0.179. The van der Waals surface area contributed by atoms with Crippen LogP contribution in [0.1, 0.15) is 12.5 Å². The van der Waals surface area contributed by atoms with E-state index < -0.39 is 24.4 Å². The second-order valence-electron chi connectivity index (χ2n) is 5.47. The summed E-state index contributed by atoms with van der Waals surface area (Å²) in [5, 5.41) is 11.3.